The first kappa shape index (κ1) is 75.1. The standard InChI is InChI=1S/C72H130O6/c1-4-7-10-13-16-19-22-24-26-28-29-30-31-32-33-34-35-36-37-38-39-40-41-42-43-45-46-48-50-53-56-59-62-65-71(74)77-68-69(67-76-70(73)64-61-58-55-52-21-18-15-12-9-6-3)78-72(75)66-63-60-57-54-51-49-47-44-27-25-23-20-17-14-11-8-5-2/h17,20,22,24-25,27-29,31-32,69H,4-16,18-19,21,23,26,30,33-68H2,1-3H3/b20-17-,24-22-,27-25-,29-28-,32-31-. The lowest BCUT2D eigenvalue weighted by Crippen LogP contribution is -2.30. The lowest BCUT2D eigenvalue weighted by atomic mass is 10.0. The molecule has 0 aliphatic heterocycles. The fourth-order valence-corrected chi connectivity index (χ4v) is 10.1. The van der Waals surface area contributed by atoms with Gasteiger partial charge in [-0.1, -0.05) is 313 Å². The van der Waals surface area contributed by atoms with Gasteiger partial charge in [0.25, 0.3) is 0 Å². The minimum Gasteiger partial charge on any atom is -0.462 e. The molecule has 1 unspecified atom stereocenters. The molecule has 0 saturated heterocycles. The summed E-state index contributed by atoms with van der Waals surface area (Å²) in [5.41, 5.74) is 0. The Balaban J connectivity index is 4.08. The van der Waals surface area contributed by atoms with Crippen LogP contribution in [0.3, 0.4) is 0 Å². The van der Waals surface area contributed by atoms with Crippen LogP contribution in [0.25, 0.3) is 0 Å². The van der Waals surface area contributed by atoms with Gasteiger partial charge in [0.2, 0.25) is 0 Å². The molecule has 0 bridgehead atoms. The van der Waals surface area contributed by atoms with Crippen LogP contribution in [0, 0.1) is 0 Å². The van der Waals surface area contributed by atoms with Gasteiger partial charge in [0.05, 0.1) is 0 Å². The summed E-state index contributed by atoms with van der Waals surface area (Å²) in [6.07, 6.45) is 85.4. The zero-order valence-corrected chi connectivity index (χ0v) is 52.2. The Kier molecular flexibility index (Phi) is 64.2. The molecule has 0 N–H and O–H groups in total. The lowest BCUT2D eigenvalue weighted by molar-refractivity contribution is -0.167. The third-order valence-corrected chi connectivity index (χ3v) is 15.2. The monoisotopic (exact) mass is 1090 g/mol. The Labute approximate surface area is 485 Å². The van der Waals surface area contributed by atoms with Crippen molar-refractivity contribution in [1.29, 1.82) is 0 Å². The number of carbonyl (C=O) groups is 3. The van der Waals surface area contributed by atoms with Crippen molar-refractivity contribution in [3.05, 3.63) is 60.8 Å². The largest absolute Gasteiger partial charge is 0.462 e. The van der Waals surface area contributed by atoms with E-state index in [0.717, 1.165) is 83.5 Å². The normalized spacial score (nSPS) is 12.4. The number of unbranched alkanes of at least 4 members (excludes halogenated alkanes) is 42. The van der Waals surface area contributed by atoms with E-state index in [1.54, 1.807) is 0 Å². The molecule has 0 aliphatic carbocycles. The van der Waals surface area contributed by atoms with Crippen LogP contribution in [0.4, 0.5) is 0 Å². The van der Waals surface area contributed by atoms with Crippen molar-refractivity contribution in [3.8, 4) is 0 Å². The number of ether oxygens (including phenoxy) is 3. The summed E-state index contributed by atoms with van der Waals surface area (Å²) < 4.78 is 16.9. The molecular weight excluding hydrogens is 961 g/mol. The molecule has 0 rings (SSSR count). The van der Waals surface area contributed by atoms with Crippen LogP contribution in [-0.4, -0.2) is 37.2 Å². The number of hydrogen-bond acceptors (Lipinski definition) is 6. The van der Waals surface area contributed by atoms with Gasteiger partial charge in [-0.15, -0.1) is 0 Å². The topological polar surface area (TPSA) is 78.9 Å². The molecular formula is C72H130O6. The van der Waals surface area contributed by atoms with E-state index in [9.17, 15) is 14.4 Å². The van der Waals surface area contributed by atoms with Gasteiger partial charge in [-0.3, -0.25) is 14.4 Å². The Morgan fingerprint density at radius 2 is 0.462 bits per heavy atom. The van der Waals surface area contributed by atoms with Gasteiger partial charge in [0, 0.05) is 19.3 Å². The van der Waals surface area contributed by atoms with Crippen LogP contribution in [0.1, 0.15) is 361 Å². The van der Waals surface area contributed by atoms with Crippen molar-refractivity contribution in [3.63, 3.8) is 0 Å². The van der Waals surface area contributed by atoms with Crippen LogP contribution in [0.5, 0.6) is 0 Å². The molecule has 0 saturated carbocycles. The summed E-state index contributed by atoms with van der Waals surface area (Å²) >= 11 is 0. The molecule has 0 aromatic heterocycles. The summed E-state index contributed by atoms with van der Waals surface area (Å²) in [5.74, 6) is -0.863. The van der Waals surface area contributed by atoms with E-state index in [0.29, 0.717) is 19.3 Å². The summed E-state index contributed by atoms with van der Waals surface area (Å²) in [4.78, 5) is 38.2. The average Bonchev–Trinajstić information content (AvgIpc) is 3.44. The first-order valence-electron chi connectivity index (χ1n) is 34.3. The Hall–Kier alpha value is -2.89. The molecule has 6 nitrogen and oxygen atoms in total. The third-order valence-electron chi connectivity index (χ3n) is 15.2. The number of rotatable bonds is 63. The maximum absolute atomic E-state index is 12.9. The van der Waals surface area contributed by atoms with E-state index in [2.05, 4.69) is 81.5 Å². The predicted octanol–water partition coefficient (Wildman–Crippen LogP) is 23.5. The molecule has 78 heavy (non-hydrogen) atoms. The average molecular weight is 1090 g/mol. The second-order valence-electron chi connectivity index (χ2n) is 23.1. The van der Waals surface area contributed by atoms with Crippen molar-refractivity contribution in [2.75, 3.05) is 13.2 Å². The van der Waals surface area contributed by atoms with Crippen LogP contribution in [0.2, 0.25) is 0 Å². The van der Waals surface area contributed by atoms with Crippen molar-refractivity contribution in [1.82, 2.24) is 0 Å². The predicted molar refractivity (Wildman–Crippen MR) is 339 cm³/mol. The second-order valence-corrected chi connectivity index (χ2v) is 23.1. The van der Waals surface area contributed by atoms with Crippen LogP contribution < -0.4 is 0 Å². The Morgan fingerprint density at radius 1 is 0.256 bits per heavy atom. The second kappa shape index (κ2) is 66.6. The van der Waals surface area contributed by atoms with Crippen LogP contribution >= 0.6 is 0 Å². The van der Waals surface area contributed by atoms with E-state index < -0.39 is 6.10 Å². The molecule has 0 aromatic carbocycles. The summed E-state index contributed by atoms with van der Waals surface area (Å²) in [6.45, 7) is 6.63. The SMILES string of the molecule is CCCCC/C=C\C/C=C\CCCCCCCCCC(=O)OC(COC(=O)CCCCCCCCCCCC)COC(=O)CCCCCCCCCCCCCCCCCCCC/C=C\C/C=C\C/C=C\CCCCCCC. The number of hydrogen-bond donors (Lipinski definition) is 0. The zero-order chi connectivity index (χ0) is 56.4. The minimum atomic E-state index is -0.775. The summed E-state index contributed by atoms with van der Waals surface area (Å²) in [5, 5.41) is 0. The number of carbonyl (C=O) groups excluding carboxylic acids is 3. The van der Waals surface area contributed by atoms with Gasteiger partial charge in [-0.2, -0.15) is 0 Å². The maximum Gasteiger partial charge on any atom is 0.306 e. The van der Waals surface area contributed by atoms with Gasteiger partial charge >= 0.3 is 17.9 Å². The molecule has 6 heteroatoms. The van der Waals surface area contributed by atoms with E-state index >= 15 is 0 Å². The van der Waals surface area contributed by atoms with Gasteiger partial charge < -0.3 is 14.2 Å². The zero-order valence-electron chi connectivity index (χ0n) is 52.2. The van der Waals surface area contributed by atoms with Gasteiger partial charge in [0.1, 0.15) is 13.2 Å². The maximum atomic E-state index is 12.9. The Morgan fingerprint density at radius 3 is 0.744 bits per heavy atom. The van der Waals surface area contributed by atoms with Crippen molar-refractivity contribution >= 4 is 17.9 Å². The fourth-order valence-electron chi connectivity index (χ4n) is 10.1. The van der Waals surface area contributed by atoms with Gasteiger partial charge in [0.15, 0.2) is 6.10 Å². The molecule has 0 fully saturated rings. The quantitative estimate of drug-likeness (QED) is 0.0261. The summed E-state index contributed by atoms with van der Waals surface area (Å²) in [7, 11) is 0. The highest BCUT2D eigenvalue weighted by Gasteiger charge is 2.19. The molecule has 0 heterocycles. The van der Waals surface area contributed by atoms with E-state index in [1.165, 1.54) is 238 Å². The van der Waals surface area contributed by atoms with E-state index in [-0.39, 0.29) is 31.1 Å². The van der Waals surface area contributed by atoms with Crippen molar-refractivity contribution < 1.29 is 28.6 Å². The number of allylic oxidation sites excluding steroid dienone is 10. The van der Waals surface area contributed by atoms with E-state index in [1.807, 2.05) is 0 Å². The fraction of sp³-hybridized carbons (Fsp3) is 0.819. The van der Waals surface area contributed by atoms with Crippen molar-refractivity contribution in [2.24, 2.45) is 0 Å². The molecule has 0 amide bonds. The molecule has 454 valence electrons. The Bertz CT molecular complexity index is 1390. The van der Waals surface area contributed by atoms with E-state index in [4.69, 9.17) is 14.2 Å². The highest BCUT2D eigenvalue weighted by molar-refractivity contribution is 5.71. The first-order chi connectivity index (χ1) is 38.5. The van der Waals surface area contributed by atoms with Crippen LogP contribution in [-0.2, 0) is 28.6 Å². The van der Waals surface area contributed by atoms with Gasteiger partial charge in [-0.25, -0.2) is 0 Å². The molecule has 0 aromatic rings. The highest BCUT2D eigenvalue weighted by Crippen LogP contribution is 2.17. The van der Waals surface area contributed by atoms with Crippen molar-refractivity contribution in [2.45, 2.75) is 367 Å². The highest BCUT2D eigenvalue weighted by atomic mass is 16.6. The molecule has 1 atom stereocenters. The third kappa shape index (κ3) is 63.9. The molecule has 0 radical (unpaired) electrons. The molecule has 0 spiro atoms. The molecule has 0 aliphatic rings. The first-order valence-corrected chi connectivity index (χ1v) is 34.3. The minimum absolute atomic E-state index is 0.0727. The lowest BCUT2D eigenvalue weighted by Gasteiger charge is -2.18. The number of esters is 3. The van der Waals surface area contributed by atoms with Crippen LogP contribution in [0.15, 0.2) is 60.8 Å². The van der Waals surface area contributed by atoms with Gasteiger partial charge in [-0.05, 0) is 89.9 Å². The smallest absolute Gasteiger partial charge is 0.306 e. The summed E-state index contributed by atoms with van der Waals surface area (Å²) in [6, 6.07) is 0.